The summed E-state index contributed by atoms with van der Waals surface area (Å²) in [7, 11) is 4.92. The van der Waals surface area contributed by atoms with Gasteiger partial charge in [0.2, 0.25) is 0 Å². The summed E-state index contributed by atoms with van der Waals surface area (Å²) in [6, 6.07) is 3.72. The van der Waals surface area contributed by atoms with E-state index in [0.29, 0.717) is 13.2 Å². The zero-order valence-corrected chi connectivity index (χ0v) is 13.5. The molecule has 1 rings (SSSR count). The van der Waals surface area contributed by atoms with Crippen molar-refractivity contribution in [2.24, 2.45) is 0 Å². The normalized spacial score (nSPS) is 10.5. The molecule has 5 nitrogen and oxygen atoms in total. The topological polar surface area (TPSA) is 49.0 Å². The van der Waals surface area contributed by atoms with Crippen LogP contribution in [0.5, 0.6) is 17.2 Å². The lowest BCUT2D eigenvalue weighted by molar-refractivity contribution is 0.138. The van der Waals surface area contributed by atoms with Crippen molar-refractivity contribution in [3.05, 3.63) is 17.7 Å². The monoisotopic (exact) mass is 297 g/mol. The molecule has 0 atom stereocenters. The lowest BCUT2D eigenvalue weighted by atomic mass is 10.1. The minimum atomic E-state index is 0.632. The summed E-state index contributed by atoms with van der Waals surface area (Å²) in [4.78, 5) is 0. The summed E-state index contributed by atoms with van der Waals surface area (Å²) in [6.45, 7) is 5.40. The van der Waals surface area contributed by atoms with Crippen LogP contribution in [0.1, 0.15) is 18.9 Å². The van der Waals surface area contributed by atoms with Gasteiger partial charge >= 0.3 is 0 Å². The molecule has 0 heterocycles. The van der Waals surface area contributed by atoms with Gasteiger partial charge in [-0.3, -0.25) is 0 Å². The smallest absolute Gasteiger partial charge is 0.129 e. The van der Waals surface area contributed by atoms with E-state index in [4.69, 9.17) is 18.9 Å². The Morgan fingerprint density at radius 1 is 0.905 bits per heavy atom. The van der Waals surface area contributed by atoms with Crippen LogP contribution in [0.15, 0.2) is 12.1 Å². The second-order valence-electron chi connectivity index (χ2n) is 4.62. The van der Waals surface area contributed by atoms with E-state index in [1.807, 2.05) is 12.1 Å². The molecule has 0 fully saturated rings. The van der Waals surface area contributed by atoms with E-state index in [-0.39, 0.29) is 0 Å². The van der Waals surface area contributed by atoms with E-state index >= 15 is 0 Å². The van der Waals surface area contributed by atoms with Crippen molar-refractivity contribution >= 4 is 0 Å². The molecule has 0 saturated carbocycles. The highest BCUT2D eigenvalue weighted by Gasteiger charge is 2.12. The molecule has 0 aromatic heterocycles. The van der Waals surface area contributed by atoms with Gasteiger partial charge in [0.05, 0.1) is 34.5 Å². The van der Waals surface area contributed by atoms with Crippen LogP contribution in [0, 0.1) is 0 Å². The van der Waals surface area contributed by atoms with Crippen LogP contribution >= 0.6 is 0 Å². The van der Waals surface area contributed by atoms with E-state index in [1.54, 1.807) is 21.3 Å². The Kier molecular flexibility index (Phi) is 8.62. The molecule has 0 aliphatic rings. The fourth-order valence-corrected chi connectivity index (χ4v) is 2.05. The summed E-state index contributed by atoms with van der Waals surface area (Å²) in [5.74, 6) is 2.25. The fourth-order valence-electron chi connectivity index (χ4n) is 2.05. The van der Waals surface area contributed by atoms with Gasteiger partial charge in [-0.15, -0.1) is 0 Å². The van der Waals surface area contributed by atoms with Crippen LogP contribution in [-0.2, 0) is 11.2 Å². The zero-order valence-electron chi connectivity index (χ0n) is 13.5. The van der Waals surface area contributed by atoms with Crippen LogP contribution in [0.2, 0.25) is 0 Å². The molecule has 0 aliphatic heterocycles. The van der Waals surface area contributed by atoms with Crippen molar-refractivity contribution in [1.82, 2.24) is 5.32 Å². The predicted octanol–water partition coefficient (Wildman–Crippen LogP) is 2.27. The third-order valence-electron chi connectivity index (χ3n) is 3.16. The molecular weight excluding hydrogens is 270 g/mol. The summed E-state index contributed by atoms with van der Waals surface area (Å²) in [6.07, 6.45) is 1.88. The minimum absolute atomic E-state index is 0.632. The number of methoxy groups -OCH3 is 3. The molecule has 0 amide bonds. The van der Waals surface area contributed by atoms with E-state index in [9.17, 15) is 0 Å². The highest BCUT2D eigenvalue weighted by atomic mass is 16.5. The molecule has 5 heteroatoms. The lowest BCUT2D eigenvalue weighted by Crippen LogP contribution is -2.20. The van der Waals surface area contributed by atoms with Crippen molar-refractivity contribution in [3.8, 4) is 17.2 Å². The van der Waals surface area contributed by atoms with Gasteiger partial charge in [-0.05, 0) is 13.0 Å². The van der Waals surface area contributed by atoms with Crippen LogP contribution in [0.25, 0.3) is 0 Å². The van der Waals surface area contributed by atoms with Gasteiger partial charge < -0.3 is 24.3 Å². The number of ether oxygens (including phenoxy) is 4. The molecule has 120 valence electrons. The van der Waals surface area contributed by atoms with Crippen LogP contribution in [0.3, 0.4) is 0 Å². The third-order valence-corrected chi connectivity index (χ3v) is 3.16. The van der Waals surface area contributed by atoms with Crippen LogP contribution in [-0.4, -0.2) is 47.6 Å². The van der Waals surface area contributed by atoms with Gasteiger partial charge in [-0.1, -0.05) is 6.92 Å². The van der Waals surface area contributed by atoms with E-state index < -0.39 is 0 Å². The summed E-state index contributed by atoms with van der Waals surface area (Å²) in [5, 5.41) is 3.30. The fraction of sp³-hybridized carbons (Fsp3) is 0.625. The average molecular weight is 297 g/mol. The SMILES string of the molecule is CCCNCCOCCc1c(OC)cc(OC)cc1OC. The molecule has 0 saturated heterocycles. The van der Waals surface area contributed by atoms with Crippen molar-refractivity contribution < 1.29 is 18.9 Å². The van der Waals surface area contributed by atoms with E-state index in [0.717, 1.165) is 48.7 Å². The third kappa shape index (κ3) is 5.81. The Balaban J connectivity index is 2.53. The van der Waals surface area contributed by atoms with E-state index in [2.05, 4.69) is 12.2 Å². The van der Waals surface area contributed by atoms with Gasteiger partial charge in [-0.25, -0.2) is 0 Å². The van der Waals surface area contributed by atoms with Gasteiger partial charge in [0.15, 0.2) is 0 Å². The van der Waals surface area contributed by atoms with Crippen molar-refractivity contribution in [1.29, 1.82) is 0 Å². The van der Waals surface area contributed by atoms with Crippen molar-refractivity contribution in [3.63, 3.8) is 0 Å². The summed E-state index contributed by atoms with van der Waals surface area (Å²) < 4.78 is 21.7. The average Bonchev–Trinajstić information content (AvgIpc) is 2.53. The predicted molar refractivity (Wildman–Crippen MR) is 83.8 cm³/mol. The summed E-state index contributed by atoms with van der Waals surface area (Å²) >= 11 is 0. The molecular formula is C16H27NO4. The largest absolute Gasteiger partial charge is 0.496 e. The molecule has 1 aromatic rings. The summed E-state index contributed by atoms with van der Waals surface area (Å²) in [5.41, 5.74) is 1.00. The molecule has 0 spiro atoms. The Hall–Kier alpha value is -1.46. The number of benzene rings is 1. The van der Waals surface area contributed by atoms with Crippen LogP contribution in [0.4, 0.5) is 0 Å². The maximum atomic E-state index is 5.63. The van der Waals surface area contributed by atoms with Gasteiger partial charge in [0, 0.05) is 30.7 Å². The van der Waals surface area contributed by atoms with Gasteiger partial charge in [0.25, 0.3) is 0 Å². The first-order valence-corrected chi connectivity index (χ1v) is 7.34. The Bertz CT molecular complexity index is 384. The number of hydrogen-bond donors (Lipinski definition) is 1. The molecule has 1 aromatic carbocycles. The number of rotatable bonds is 11. The number of nitrogens with one attached hydrogen (secondary N) is 1. The molecule has 0 aliphatic carbocycles. The number of hydrogen-bond acceptors (Lipinski definition) is 5. The van der Waals surface area contributed by atoms with E-state index in [1.165, 1.54) is 0 Å². The standard InChI is InChI=1S/C16H27NO4/c1-5-7-17-8-10-21-9-6-14-15(19-3)11-13(18-2)12-16(14)20-4/h11-12,17H,5-10H2,1-4H3. The minimum Gasteiger partial charge on any atom is -0.496 e. The zero-order chi connectivity index (χ0) is 15.5. The highest BCUT2D eigenvalue weighted by molar-refractivity contribution is 5.50. The molecule has 0 radical (unpaired) electrons. The first-order chi connectivity index (χ1) is 10.3. The maximum Gasteiger partial charge on any atom is 0.129 e. The van der Waals surface area contributed by atoms with Crippen molar-refractivity contribution in [2.75, 3.05) is 47.6 Å². The second-order valence-corrected chi connectivity index (χ2v) is 4.62. The molecule has 0 unspecified atom stereocenters. The van der Waals surface area contributed by atoms with Crippen molar-refractivity contribution in [2.45, 2.75) is 19.8 Å². The Labute approximate surface area is 127 Å². The van der Waals surface area contributed by atoms with Crippen LogP contribution < -0.4 is 19.5 Å². The quantitative estimate of drug-likeness (QED) is 0.635. The maximum absolute atomic E-state index is 5.63. The first kappa shape index (κ1) is 17.6. The lowest BCUT2D eigenvalue weighted by Gasteiger charge is -2.15. The van der Waals surface area contributed by atoms with Gasteiger partial charge in [0.1, 0.15) is 17.2 Å². The highest BCUT2D eigenvalue weighted by Crippen LogP contribution is 2.34. The molecule has 21 heavy (non-hydrogen) atoms. The first-order valence-electron chi connectivity index (χ1n) is 7.34. The molecule has 1 N–H and O–H groups in total. The van der Waals surface area contributed by atoms with Gasteiger partial charge in [-0.2, -0.15) is 0 Å². The second kappa shape index (κ2) is 10.3. The Morgan fingerprint density at radius 3 is 2.10 bits per heavy atom. The Morgan fingerprint density at radius 2 is 1.57 bits per heavy atom. The molecule has 0 bridgehead atoms.